The molecule has 4 heteroatoms. The highest BCUT2D eigenvalue weighted by Crippen LogP contribution is 2.47. The van der Waals surface area contributed by atoms with E-state index in [4.69, 9.17) is 9.73 Å². The SMILES string of the molecule is CCCCc1ccc(N=C2C(=O)N3c4c(cc(OCC)cc42)C(C)=CC3(C)C)cc1. The largest absolute Gasteiger partial charge is 0.494 e. The zero-order valence-electron chi connectivity index (χ0n) is 18.6. The summed E-state index contributed by atoms with van der Waals surface area (Å²) in [4.78, 5) is 20.2. The molecule has 0 saturated carbocycles. The lowest BCUT2D eigenvalue weighted by atomic mass is 9.89. The van der Waals surface area contributed by atoms with Crippen molar-refractivity contribution in [1.29, 1.82) is 0 Å². The average molecular weight is 403 g/mol. The number of rotatable bonds is 6. The van der Waals surface area contributed by atoms with Crippen molar-refractivity contribution < 1.29 is 9.53 Å². The molecule has 0 unspecified atom stereocenters. The maximum absolute atomic E-state index is 13.5. The van der Waals surface area contributed by atoms with Gasteiger partial charge in [0, 0.05) is 11.1 Å². The quantitative estimate of drug-likeness (QED) is 0.587. The molecule has 0 bridgehead atoms. The molecule has 0 aliphatic carbocycles. The fourth-order valence-electron chi connectivity index (χ4n) is 4.48. The van der Waals surface area contributed by atoms with Gasteiger partial charge in [0.15, 0.2) is 0 Å². The van der Waals surface area contributed by atoms with Crippen LogP contribution in [0.1, 0.15) is 64.2 Å². The number of amides is 1. The fourth-order valence-corrected chi connectivity index (χ4v) is 4.48. The topological polar surface area (TPSA) is 41.9 Å². The Labute approximate surface area is 179 Å². The molecule has 1 amide bonds. The summed E-state index contributed by atoms with van der Waals surface area (Å²) in [6.45, 7) is 11.0. The van der Waals surface area contributed by atoms with Crippen LogP contribution in [0.3, 0.4) is 0 Å². The van der Waals surface area contributed by atoms with Crippen LogP contribution in [0.25, 0.3) is 5.57 Å². The van der Waals surface area contributed by atoms with E-state index in [9.17, 15) is 4.79 Å². The van der Waals surface area contributed by atoms with Crippen LogP contribution in [0.15, 0.2) is 47.5 Å². The van der Waals surface area contributed by atoms with E-state index in [-0.39, 0.29) is 5.91 Å². The second-order valence-electron chi connectivity index (χ2n) is 8.65. The third-order valence-electron chi connectivity index (χ3n) is 5.85. The van der Waals surface area contributed by atoms with Crippen LogP contribution in [0.4, 0.5) is 11.4 Å². The number of carbonyl (C=O) groups excluding carboxylic acids is 1. The van der Waals surface area contributed by atoms with Gasteiger partial charge in [-0.1, -0.05) is 31.6 Å². The summed E-state index contributed by atoms with van der Waals surface area (Å²) < 4.78 is 5.81. The molecule has 2 aliphatic rings. The summed E-state index contributed by atoms with van der Waals surface area (Å²) in [6, 6.07) is 12.2. The van der Waals surface area contributed by atoms with E-state index in [1.807, 2.05) is 36.1 Å². The molecular weight excluding hydrogens is 372 g/mol. The Balaban J connectivity index is 1.82. The fraction of sp³-hybridized carbons (Fsp3) is 0.385. The van der Waals surface area contributed by atoms with E-state index in [1.54, 1.807) is 0 Å². The predicted octanol–water partition coefficient (Wildman–Crippen LogP) is 6.09. The maximum Gasteiger partial charge on any atom is 0.278 e. The summed E-state index contributed by atoms with van der Waals surface area (Å²) >= 11 is 0. The lowest BCUT2D eigenvalue weighted by Gasteiger charge is -2.38. The smallest absolute Gasteiger partial charge is 0.278 e. The number of hydrogen-bond donors (Lipinski definition) is 0. The van der Waals surface area contributed by atoms with Crippen LogP contribution < -0.4 is 9.64 Å². The minimum Gasteiger partial charge on any atom is -0.494 e. The normalized spacial score (nSPS) is 17.9. The van der Waals surface area contributed by atoms with Gasteiger partial charge in [0.2, 0.25) is 0 Å². The molecule has 0 fully saturated rings. The standard InChI is InChI=1S/C26H30N2O2/c1-6-8-9-18-10-12-19(13-11-18)27-23-22-15-20(30-7-2)14-21-17(3)16-26(4,5)28(24(21)22)25(23)29/h10-16H,6-9H2,1-5H3. The number of allylic oxidation sites excluding steroid dienone is 1. The molecule has 30 heavy (non-hydrogen) atoms. The van der Waals surface area contributed by atoms with Gasteiger partial charge in [0.05, 0.1) is 23.5 Å². The van der Waals surface area contributed by atoms with Crippen molar-refractivity contribution in [3.63, 3.8) is 0 Å². The second-order valence-corrected chi connectivity index (χ2v) is 8.65. The van der Waals surface area contributed by atoms with Gasteiger partial charge in [-0.15, -0.1) is 0 Å². The van der Waals surface area contributed by atoms with Gasteiger partial charge in [-0.2, -0.15) is 0 Å². The van der Waals surface area contributed by atoms with E-state index in [1.165, 1.54) is 18.4 Å². The Morgan fingerprint density at radius 1 is 1.07 bits per heavy atom. The Morgan fingerprint density at radius 3 is 2.43 bits per heavy atom. The number of anilines is 1. The molecule has 2 aromatic rings. The molecule has 0 atom stereocenters. The first-order valence-corrected chi connectivity index (χ1v) is 10.9. The van der Waals surface area contributed by atoms with Crippen molar-refractivity contribution in [3.8, 4) is 5.75 Å². The summed E-state index contributed by atoms with van der Waals surface area (Å²) in [5.74, 6) is 0.722. The van der Waals surface area contributed by atoms with Crippen LogP contribution in [-0.2, 0) is 11.2 Å². The highest BCUT2D eigenvalue weighted by molar-refractivity contribution is 6.55. The monoisotopic (exact) mass is 402 g/mol. The highest BCUT2D eigenvalue weighted by Gasteiger charge is 2.45. The lowest BCUT2D eigenvalue weighted by Crippen LogP contribution is -2.47. The summed E-state index contributed by atoms with van der Waals surface area (Å²) in [5.41, 5.74) is 6.20. The van der Waals surface area contributed by atoms with Gasteiger partial charge in [0.1, 0.15) is 11.5 Å². The Bertz CT molecular complexity index is 1050. The summed E-state index contributed by atoms with van der Waals surface area (Å²) in [5, 5.41) is 0. The number of unbranched alkanes of at least 4 members (excludes halogenated alkanes) is 1. The molecule has 4 nitrogen and oxygen atoms in total. The van der Waals surface area contributed by atoms with Gasteiger partial charge >= 0.3 is 0 Å². The Hall–Kier alpha value is -2.88. The van der Waals surface area contributed by atoms with Gasteiger partial charge in [-0.3, -0.25) is 9.69 Å². The molecule has 2 aromatic carbocycles. The zero-order valence-corrected chi connectivity index (χ0v) is 18.6. The first kappa shape index (κ1) is 20.4. The molecule has 2 heterocycles. The first-order valence-electron chi connectivity index (χ1n) is 10.9. The minimum absolute atomic E-state index is 0.0521. The Morgan fingerprint density at radius 2 is 1.77 bits per heavy atom. The van der Waals surface area contributed by atoms with Gasteiger partial charge < -0.3 is 4.74 Å². The predicted molar refractivity (Wildman–Crippen MR) is 124 cm³/mol. The average Bonchev–Trinajstić information content (AvgIpc) is 2.98. The minimum atomic E-state index is -0.405. The highest BCUT2D eigenvalue weighted by atomic mass is 16.5. The van der Waals surface area contributed by atoms with E-state index in [2.05, 4.69) is 45.9 Å². The van der Waals surface area contributed by atoms with Crippen LogP contribution in [0.2, 0.25) is 0 Å². The molecule has 0 aromatic heterocycles. The van der Waals surface area contributed by atoms with E-state index in [0.29, 0.717) is 12.3 Å². The van der Waals surface area contributed by atoms with E-state index in [0.717, 1.165) is 40.2 Å². The third kappa shape index (κ3) is 3.45. The zero-order chi connectivity index (χ0) is 21.5. The van der Waals surface area contributed by atoms with Gasteiger partial charge in [-0.05, 0) is 75.9 Å². The number of aryl methyl sites for hydroxylation is 1. The number of aliphatic imine (C=N–C) groups is 1. The molecule has 0 spiro atoms. The van der Waals surface area contributed by atoms with Crippen molar-refractivity contribution in [2.75, 3.05) is 11.5 Å². The van der Waals surface area contributed by atoms with Crippen LogP contribution in [0, 0.1) is 0 Å². The number of carbonyl (C=O) groups is 1. The van der Waals surface area contributed by atoms with Crippen LogP contribution in [0.5, 0.6) is 5.75 Å². The molecule has 2 aliphatic heterocycles. The van der Waals surface area contributed by atoms with Gasteiger partial charge in [-0.25, -0.2) is 4.99 Å². The third-order valence-corrected chi connectivity index (χ3v) is 5.85. The number of nitrogens with zero attached hydrogens (tertiary/aromatic N) is 2. The van der Waals surface area contributed by atoms with Gasteiger partial charge in [0.25, 0.3) is 5.91 Å². The van der Waals surface area contributed by atoms with Crippen LogP contribution in [-0.4, -0.2) is 23.8 Å². The van der Waals surface area contributed by atoms with Crippen molar-refractivity contribution in [2.45, 2.75) is 59.4 Å². The molecule has 0 saturated heterocycles. The number of benzene rings is 2. The molecule has 0 N–H and O–H groups in total. The van der Waals surface area contributed by atoms with Crippen molar-refractivity contribution in [1.82, 2.24) is 0 Å². The molecule has 0 radical (unpaired) electrons. The lowest BCUT2D eigenvalue weighted by molar-refractivity contribution is -0.112. The molecule has 4 rings (SSSR count). The number of hydrogen-bond acceptors (Lipinski definition) is 3. The maximum atomic E-state index is 13.5. The van der Waals surface area contributed by atoms with Crippen molar-refractivity contribution in [2.24, 2.45) is 4.99 Å². The number of ether oxygens (including phenoxy) is 1. The molecule has 156 valence electrons. The van der Waals surface area contributed by atoms with Crippen molar-refractivity contribution >= 4 is 28.6 Å². The second kappa shape index (κ2) is 7.75. The van der Waals surface area contributed by atoms with Crippen LogP contribution >= 0.6 is 0 Å². The first-order chi connectivity index (χ1) is 14.4. The molecular formula is C26H30N2O2. The summed E-state index contributed by atoms with van der Waals surface area (Å²) in [6.07, 6.45) is 5.58. The van der Waals surface area contributed by atoms with E-state index < -0.39 is 5.54 Å². The van der Waals surface area contributed by atoms with E-state index >= 15 is 0 Å². The summed E-state index contributed by atoms with van der Waals surface area (Å²) in [7, 11) is 0. The Kier molecular flexibility index (Phi) is 5.27. The van der Waals surface area contributed by atoms with Crippen molar-refractivity contribution in [3.05, 3.63) is 59.2 Å².